The van der Waals surface area contributed by atoms with Crippen LogP contribution in [0.5, 0.6) is 0 Å². The van der Waals surface area contributed by atoms with E-state index in [0.717, 1.165) is 25.2 Å². The number of nitrogens with zero attached hydrogens (tertiary/aromatic N) is 1. The Morgan fingerprint density at radius 3 is 2.67 bits per heavy atom. The van der Waals surface area contributed by atoms with Crippen molar-refractivity contribution in [3.63, 3.8) is 0 Å². The van der Waals surface area contributed by atoms with E-state index in [0.29, 0.717) is 11.3 Å². The first-order chi connectivity index (χ1) is 11.6. The van der Waals surface area contributed by atoms with Crippen LogP contribution in [-0.2, 0) is 0 Å². The molecule has 1 saturated heterocycles. The Hall–Kier alpha value is -1.20. The minimum atomic E-state index is 0.0103. The molecule has 5 heteroatoms. The van der Waals surface area contributed by atoms with Crippen LogP contribution in [0.3, 0.4) is 0 Å². The minimum absolute atomic E-state index is 0.0103. The maximum absolute atomic E-state index is 12.7. The Morgan fingerprint density at radius 2 is 1.96 bits per heavy atom. The number of aryl methyl sites for hydroxylation is 1. The van der Waals surface area contributed by atoms with Gasteiger partial charge in [-0.2, -0.15) is 11.8 Å². The Balaban J connectivity index is 1.71. The average molecular weight is 348 g/mol. The molecule has 0 radical (unpaired) electrons. The van der Waals surface area contributed by atoms with Crippen LogP contribution in [0, 0.1) is 6.92 Å². The number of hydrogen-bond donors (Lipinski definition) is 2. The second kappa shape index (κ2) is 7.79. The third-order valence-electron chi connectivity index (χ3n) is 5.55. The van der Waals surface area contributed by atoms with Crippen molar-refractivity contribution < 1.29 is 4.79 Å². The van der Waals surface area contributed by atoms with E-state index in [1.807, 2.05) is 30.8 Å². The van der Waals surface area contributed by atoms with E-state index in [1.54, 1.807) is 6.07 Å². The molecule has 0 unspecified atom stereocenters. The molecule has 1 aromatic carbocycles. The zero-order valence-electron chi connectivity index (χ0n) is 14.6. The summed E-state index contributed by atoms with van der Waals surface area (Å²) in [6.07, 6.45) is 6.28. The van der Waals surface area contributed by atoms with Gasteiger partial charge in [0.2, 0.25) is 0 Å². The van der Waals surface area contributed by atoms with Gasteiger partial charge in [0.1, 0.15) is 0 Å². The maximum atomic E-state index is 12.7. The van der Waals surface area contributed by atoms with E-state index in [-0.39, 0.29) is 11.4 Å². The predicted molar refractivity (Wildman–Crippen MR) is 103 cm³/mol. The lowest BCUT2D eigenvalue weighted by atomic mass is 9.80. The van der Waals surface area contributed by atoms with Crippen LogP contribution in [0.4, 0.5) is 5.69 Å². The van der Waals surface area contributed by atoms with Gasteiger partial charge in [0.25, 0.3) is 5.91 Å². The standard InChI is InChI=1S/C19H29N3OS/c1-15-5-6-16(20)13-17(15)18(23)21-14-19(7-3-2-4-8-19)22-9-11-24-12-10-22/h5-6,13H,2-4,7-12,14,20H2,1H3,(H,21,23). The van der Waals surface area contributed by atoms with Gasteiger partial charge in [-0.05, 0) is 37.5 Å². The number of carbonyl (C=O) groups is 1. The summed E-state index contributed by atoms with van der Waals surface area (Å²) in [5.74, 6) is 2.43. The van der Waals surface area contributed by atoms with Crippen molar-refractivity contribution in [1.82, 2.24) is 10.2 Å². The molecule has 132 valence electrons. The van der Waals surface area contributed by atoms with Crippen LogP contribution in [0.15, 0.2) is 18.2 Å². The van der Waals surface area contributed by atoms with Gasteiger partial charge < -0.3 is 11.1 Å². The van der Waals surface area contributed by atoms with Crippen LogP contribution >= 0.6 is 11.8 Å². The fourth-order valence-corrected chi connectivity index (χ4v) is 4.98. The molecule has 0 bridgehead atoms. The molecule has 24 heavy (non-hydrogen) atoms. The van der Waals surface area contributed by atoms with Gasteiger partial charge in [0, 0.05) is 47.9 Å². The van der Waals surface area contributed by atoms with Gasteiger partial charge in [-0.25, -0.2) is 0 Å². The van der Waals surface area contributed by atoms with Gasteiger partial charge >= 0.3 is 0 Å². The van der Waals surface area contributed by atoms with Crippen molar-refractivity contribution in [2.45, 2.75) is 44.6 Å². The molecular weight excluding hydrogens is 318 g/mol. The normalized spacial score (nSPS) is 21.4. The quantitative estimate of drug-likeness (QED) is 0.822. The van der Waals surface area contributed by atoms with Crippen LogP contribution in [0.25, 0.3) is 0 Å². The number of rotatable bonds is 4. The van der Waals surface area contributed by atoms with Gasteiger partial charge in [-0.1, -0.05) is 25.3 Å². The van der Waals surface area contributed by atoms with Crippen molar-refractivity contribution in [3.8, 4) is 0 Å². The molecule has 0 spiro atoms. The van der Waals surface area contributed by atoms with Gasteiger partial charge in [0.15, 0.2) is 0 Å². The van der Waals surface area contributed by atoms with Crippen LogP contribution in [-0.4, -0.2) is 47.5 Å². The van der Waals surface area contributed by atoms with Crippen LogP contribution < -0.4 is 11.1 Å². The van der Waals surface area contributed by atoms with Gasteiger partial charge in [-0.15, -0.1) is 0 Å². The zero-order chi connectivity index (χ0) is 17.0. The lowest BCUT2D eigenvalue weighted by Crippen LogP contribution is -2.58. The fourth-order valence-electron chi connectivity index (χ4n) is 4.08. The summed E-state index contributed by atoms with van der Waals surface area (Å²) in [5.41, 5.74) is 8.34. The molecule has 0 atom stereocenters. The Bertz CT molecular complexity index is 578. The van der Waals surface area contributed by atoms with Crippen molar-refractivity contribution in [2.24, 2.45) is 0 Å². The summed E-state index contributed by atoms with van der Waals surface area (Å²) >= 11 is 2.04. The highest BCUT2D eigenvalue weighted by atomic mass is 32.2. The third-order valence-corrected chi connectivity index (χ3v) is 6.49. The number of hydrogen-bond acceptors (Lipinski definition) is 4. The van der Waals surface area contributed by atoms with Crippen LogP contribution in [0.1, 0.15) is 48.0 Å². The number of thioether (sulfide) groups is 1. The summed E-state index contributed by atoms with van der Waals surface area (Å²) in [6.45, 7) is 5.02. The molecule has 0 aromatic heterocycles. The molecule has 1 amide bonds. The summed E-state index contributed by atoms with van der Waals surface area (Å²) in [7, 11) is 0. The lowest BCUT2D eigenvalue weighted by Gasteiger charge is -2.48. The second-order valence-electron chi connectivity index (χ2n) is 7.14. The average Bonchev–Trinajstić information content (AvgIpc) is 2.63. The van der Waals surface area contributed by atoms with E-state index >= 15 is 0 Å². The number of nitrogens with two attached hydrogens (primary N) is 1. The summed E-state index contributed by atoms with van der Waals surface area (Å²) < 4.78 is 0. The number of carbonyl (C=O) groups excluding carboxylic acids is 1. The third kappa shape index (κ3) is 3.89. The SMILES string of the molecule is Cc1ccc(N)cc1C(=O)NCC1(N2CCSCC2)CCCCC1. The maximum Gasteiger partial charge on any atom is 0.251 e. The number of nitrogens with one attached hydrogen (secondary N) is 1. The smallest absolute Gasteiger partial charge is 0.251 e. The van der Waals surface area contributed by atoms with Gasteiger partial charge in [-0.3, -0.25) is 9.69 Å². The molecular formula is C19H29N3OS. The second-order valence-corrected chi connectivity index (χ2v) is 8.37. The monoisotopic (exact) mass is 347 g/mol. The number of anilines is 1. The van der Waals surface area contributed by atoms with Crippen molar-refractivity contribution >= 4 is 23.4 Å². The Labute approximate surface area is 149 Å². The Morgan fingerprint density at radius 1 is 1.25 bits per heavy atom. The van der Waals surface area contributed by atoms with Crippen molar-refractivity contribution in [1.29, 1.82) is 0 Å². The summed E-state index contributed by atoms with van der Waals surface area (Å²) in [4.78, 5) is 15.3. The largest absolute Gasteiger partial charge is 0.399 e. The topological polar surface area (TPSA) is 58.4 Å². The first-order valence-electron chi connectivity index (χ1n) is 9.08. The van der Waals surface area contributed by atoms with E-state index in [9.17, 15) is 4.79 Å². The summed E-state index contributed by atoms with van der Waals surface area (Å²) in [5, 5.41) is 3.23. The summed E-state index contributed by atoms with van der Waals surface area (Å²) in [6, 6.07) is 5.55. The molecule has 2 fully saturated rings. The molecule has 1 saturated carbocycles. The van der Waals surface area contributed by atoms with Gasteiger partial charge in [0.05, 0.1) is 0 Å². The highest BCUT2D eigenvalue weighted by molar-refractivity contribution is 7.99. The van der Waals surface area contributed by atoms with Crippen LogP contribution in [0.2, 0.25) is 0 Å². The number of amides is 1. The van der Waals surface area contributed by atoms with E-state index in [4.69, 9.17) is 5.73 Å². The molecule has 1 aromatic rings. The fraction of sp³-hybridized carbons (Fsp3) is 0.632. The molecule has 1 aliphatic carbocycles. The molecule has 1 heterocycles. The van der Waals surface area contributed by atoms with Crippen molar-refractivity contribution in [2.75, 3.05) is 36.9 Å². The predicted octanol–water partition coefficient (Wildman–Crippen LogP) is 3.06. The van der Waals surface area contributed by atoms with E-state index < -0.39 is 0 Å². The molecule has 3 rings (SSSR count). The molecule has 2 aliphatic rings. The minimum Gasteiger partial charge on any atom is -0.399 e. The highest BCUT2D eigenvalue weighted by Gasteiger charge is 2.38. The first-order valence-corrected chi connectivity index (χ1v) is 10.2. The molecule has 4 nitrogen and oxygen atoms in total. The number of benzene rings is 1. The lowest BCUT2D eigenvalue weighted by molar-refractivity contribution is 0.0548. The van der Waals surface area contributed by atoms with E-state index in [1.165, 1.54) is 43.6 Å². The highest BCUT2D eigenvalue weighted by Crippen LogP contribution is 2.35. The zero-order valence-corrected chi connectivity index (χ0v) is 15.5. The van der Waals surface area contributed by atoms with E-state index in [2.05, 4.69) is 10.2 Å². The van der Waals surface area contributed by atoms with Crippen molar-refractivity contribution in [3.05, 3.63) is 29.3 Å². The molecule has 3 N–H and O–H groups in total. The molecule has 1 aliphatic heterocycles. The number of nitrogen functional groups attached to an aromatic ring is 1. The Kier molecular flexibility index (Phi) is 5.72. The first kappa shape index (κ1) is 17.6.